The monoisotopic (exact) mass is 229 g/mol. The lowest BCUT2D eigenvalue weighted by molar-refractivity contribution is -0.120. The Morgan fingerprint density at radius 3 is 2.71 bits per heavy atom. The largest absolute Gasteiger partial charge is 0.468 e. The molecule has 5 nitrogen and oxygen atoms in total. The molecular weight excluding hydrogens is 218 g/mol. The molecule has 0 unspecified atom stereocenters. The van der Waals surface area contributed by atoms with Gasteiger partial charge in [0, 0.05) is 24.0 Å². The van der Waals surface area contributed by atoms with Crippen LogP contribution in [0.2, 0.25) is 0 Å². The van der Waals surface area contributed by atoms with Crippen molar-refractivity contribution in [1.29, 1.82) is 0 Å². The smallest absolute Gasteiger partial charge is 0.255 e. The number of nitrogens with zero attached hydrogens (tertiary/aromatic N) is 2. The predicted octanol–water partition coefficient (Wildman–Crippen LogP) is 1.01. The average Bonchev–Trinajstić information content (AvgIpc) is 2.38. The van der Waals surface area contributed by atoms with Crippen LogP contribution in [0.5, 0.6) is 5.88 Å². The van der Waals surface area contributed by atoms with E-state index in [2.05, 4.69) is 9.97 Å². The standard InChI is InChI=1S/C12H11N3O2/c13-11(16)8-17-12-5-4-9(7-15-12)10-3-1-2-6-14-10/h1-7H,8H2,(H2,13,16). The van der Waals surface area contributed by atoms with Gasteiger partial charge < -0.3 is 10.5 Å². The van der Waals surface area contributed by atoms with Crippen LogP contribution in [0, 0.1) is 0 Å². The predicted molar refractivity (Wildman–Crippen MR) is 62.2 cm³/mol. The van der Waals surface area contributed by atoms with Crippen LogP contribution in [0.1, 0.15) is 0 Å². The number of rotatable bonds is 4. The van der Waals surface area contributed by atoms with Gasteiger partial charge in [-0.2, -0.15) is 0 Å². The summed E-state index contributed by atoms with van der Waals surface area (Å²) in [5.41, 5.74) is 6.68. The molecule has 0 spiro atoms. The molecule has 0 aliphatic heterocycles. The Morgan fingerprint density at radius 1 is 1.24 bits per heavy atom. The summed E-state index contributed by atoms with van der Waals surface area (Å²) in [6.07, 6.45) is 3.35. The van der Waals surface area contributed by atoms with Gasteiger partial charge in [-0.05, 0) is 18.2 Å². The molecule has 0 saturated carbocycles. The molecule has 86 valence electrons. The van der Waals surface area contributed by atoms with Crippen LogP contribution in [-0.2, 0) is 4.79 Å². The van der Waals surface area contributed by atoms with Gasteiger partial charge in [-0.1, -0.05) is 6.07 Å². The van der Waals surface area contributed by atoms with E-state index in [-0.39, 0.29) is 6.61 Å². The van der Waals surface area contributed by atoms with E-state index in [9.17, 15) is 4.79 Å². The topological polar surface area (TPSA) is 78.1 Å². The van der Waals surface area contributed by atoms with Crippen LogP contribution in [0.25, 0.3) is 11.3 Å². The SMILES string of the molecule is NC(=O)COc1ccc(-c2ccccn2)cn1. The summed E-state index contributed by atoms with van der Waals surface area (Å²) in [6.45, 7) is -0.171. The van der Waals surface area contributed by atoms with Crippen molar-refractivity contribution in [3.05, 3.63) is 42.7 Å². The van der Waals surface area contributed by atoms with Crippen LogP contribution in [-0.4, -0.2) is 22.5 Å². The van der Waals surface area contributed by atoms with E-state index in [1.165, 1.54) is 0 Å². The maximum Gasteiger partial charge on any atom is 0.255 e. The Bertz CT molecular complexity index is 497. The molecule has 17 heavy (non-hydrogen) atoms. The number of nitrogens with two attached hydrogens (primary N) is 1. The number of carbonyl (C=O) groups excluding carboxylic acids is 1. The summed E-state index contributed by atoms with van der Waals surface area (Å²) < 4.78 is 5.05. The maximum absolute atomic E-state index is 10.5. The third-order valence-corrected chi connectivity index (χ3v) is 2.06. The minimum Gasteiger partial charge on any atom is -0.468 e. The van der Waals surface area contributed by atoms with Gasteiger partial charge in [-0.3, -0.25) is 9.78 Å². The third kappa shape index (κ3) is 3.01. The van der Waals surface area contributed by atoms with E-state index < -0.39 is 5.91 Å². The first-order valence-corrected chi connectivity index (χ1v) is 5.04. The molecule has 2 heterocycles. The zero-order valence-corrected chi connectivity index (χ0v) is 9.04. The Labute approximate surface area is 98.3 Å². The zero-order chi connectivity index (χ0) is 12.1. The normalized spacial score (nSPS) is 9.88. The summed E-state index contributed by atoms with van der Waals surface area (Å²) in [5.74, 6) is -0.163. The fraction of sp³-hybridized carbons (Fsp3) is 0.0833. The highest BCUT2D eigenvalue weighted by atomic mass is 16.5. The van der Waals surface area contributed by atoms with Gasteiger partial charge in [0.15, 0.2) is 6.61 Å². The molecule has 1 amide bonds. The molecule has 0 atom stereocenters. The maximum atomic E-state index is 10.5. The van der Waals surface area contributed by atoms with Crippen molar-refractivity contribution in [3.63, 3.8) is 0 Å². The van der Waals surface area contributed by atoms with Gasteiger partial charge in [0.05, 0.1) is 5.69 Å². The van der Waals surface area contributed by atoms with Crippen molar-refractivity contribution in [3.8, 4) is 17.1 Å². The molecule has 0 aromatic carbocycles. The number of hydrogen-bond donors (Lipinski definition) is 1. The minimum absolute atomic E-state index is 0.171. The van der Waals surface area contributed by atoms with E-state index in [1.807, 2.05) is 24.3 Å². The average molecular weight is 229 g/mol. The summed E-state index contributed by atoms with van der Waals surface area (Å²) in [6, 6.07) is 9.14. The van der Waals surface area contributed by atoms with E-state index in [0.29, 0.717) is 5.88 Å². The zero-order valence-electron chi connectivity index (χ0n) is 9.04. The number of ether oxygens (including phenoxy) is 1. The van der Waals surface area contributed by atoms with Gasteiger partial charge in [0.2, 0.25) is 5.88 Å². The fourth-order valence-electron chi connectivity index (χ4n) is 1.30. The van der Waals surface area contributed by atoms with Crippen molar-refractivity contribution < 1.29 is 9.53 Å². The second kappa shape index (κ2) is 5.07. The number of carbonyl (C=O) groups is 1. The lowest BCUT2D eigenvalue weighted by Gasteiger charge is -2.03. The lowest BCUT2D eigenvalue weighted by atomic mass is 10.2. The molecular formula is C12H11N3O2. The van der Waals surface area contributed by atoms with Crippen molar-refractivity contribution in [2.24, 2.45) is 5.73 Å². The summed E-state index contributed by atoms with van der Waals surface area (Å²) >= 11 is 0. The molecule has 5 heteroatoms. The quantitative estimate of drug-likeness (QED) is 0.848. The molecule has 2 rings (SSSR count). The molecule has 2 N–H and O–H groups in total. The molecule has 0 aliphatic rings. The number of pyridine rings is 2. The molecule has 0 bridgehead atoms. The lowest BCUT2D eigenvalue weighted by Crippen LogP contribution is -2.20. The highest BCUT2D eigenvalue weighted by Crippen LogP contribution is 2.17. The van der Waals surface area contributed by atoms with Crippen LogP contribution in [0.15, 0.2) is 42.7 Å². The van der Waals surface area contributed by atoms with Gasteiger partial charge in [0.25, 0.3) is 5.91 Å². The van der Waals surface area contributed by atoms with Gasteiger partial charge in [0.1, 0.15) is 0 Å². The Hall–Kier alpha value is -2.43. The molecule has 0 saturated heterocycles. The third-order valence-electron chi connectivity index (χ3n) is 2.06. The van der Waals surface area contributed by atoms with Crippen molar-refractivity contribution >= 4 is 5.91 Å². The van der Waals surface area contributed by atoms with E-state index >= 15 is 0 Å². The minimum atomic E-state index is -0.527. The Morgan fingerprint density at radius 2 is 2.12 bits per heavy atom. The summed E-state index contributed by atoms with van der Waals surface area (Å²) in [4.78, 5) is 18.8. The molecule has 0 radical (unpaired) electrons. The first-order valence-electron chi connectivity index (χ1n) is 5.04. The molecule has 2 aromatic rings. The van der Waals surface area contributed by atoms with Crippen molar-refractivity contribution in [2.75, 3.05) is 6.61 Å². The van der Waals surface area contributed by atoms with Crippen molar-refractivity contribution in [1.82, 2.24) is 9.97 Å². The Balaban J connectivity index is 2.11. The fourth-order valence-corrected chi connectivity index (χ4v) is 1.30. The number of aromatic nitrogens is 2. The number of amides is 1. The summed E-state index contributed by atoms with van der Waals surface area (Å²) in [7, 11) is 0. The van der Waals surface area contributed by atoms with Gasteiger partial charge in [-0.25, -0.2) is 4.98 Å². The first kappa shape index (κ1) is 11.1. The second-order valence-corrected chi connectivity index (χ2v) is 3.36. The molecule has 0 fully saturated rings. The number of hydrogen-bond acceptors (Lipinski definition) is 4. The van der Waals surface area contributed by atoms with Crippen LogP contribution in [0.3, 0.4) is 0 Å². The number of primary amides is 1. The van der Waals surface area contributed by atoms with Crippen LogP contribution >= 0.6 is 0 Å². The van der Waals surface area contributed by atoms with Crippen LogP contribution in [0.4, 0.5) is 0 Å². The van der Waals surface area contributed by atoms with Gasteiger partial charge >= 0.3 is 0 Å². The van der Waals surface area contributed by atoms with Gasteiger partial charge in [-0.15, -0.1) is 0 Å². The summed E-state index contributed by atoms with van der Waals surface area (Å²) in [5, 5.41) is 0. The van der Waals surface area contributed by atoms with E-state index in [0.717, 1.165) is 11.3 Å². The van der Waals surface area contributed by atoms with E-state index in [4.69, 9.17) is 10.5 Å². The highest BCUT2D eigenvalue weighted by molar-refractivity contribution is 5.75. The second-order valence-electron chi connectivity index (χ2n) is 3.36. The first-order chi connectivity index (χ1) is 8.25. The van der Waals surface area contributed by atoms with Crippen LogP contribution < -0.4 is 10.5 Å². The van der Waals surface area contributed by atoms with Crippen molar-refractivity contribution in [2.45, 2.75) is 0 Å². The molecule has 0 aliphatic carbocycles. The highest BCUT2D eigenvalue weighted by Gasteiger charge is 2.01. The van der Waals surface area contributed by atoms with E-state index in [1.54, 1.807) is 18.5 Å². The Kier molecular flexibility index (Phi) is 3.30. The molecule has 2 aromatic heterocycles.